The molecule has 1 N–H and O–H groups in total. The summed E-state index contributed by atoms with van der Waals surface area (Å²) in [4.78, 5) is 8.61. The monoisotopic (exact) mass is 237 g/mol. The number of rotatable bonds is 3. The van der Waals surface area contributed by atoms with Crippen LogP contribution >= 0.6 is 11.6 Å². The van der Waals surface area contributed by atoms with Crippen molar-refractivity contribution in [3.05, 3.63) is 28.7 Å². The minimum Gasteiger partial charge on any atom is -0.366 e. The fourth-order valence-electron chi connectivity index (χ4n) is 1.92. The van der Waals surface area contributed by atoms with Crippen LogP contribution in [0, 0.1) is 6.92 Å². The zero-order valence-corrected chi connectivity index (χ0v) is 10.4. The molecule has 0 aliphatic heterocycles. The van der Waals surface area contributed by atoms with E-state index in [-0.39, 0.29) is 0 Å². The van der Waals surface area contributed by atoms with E-state index in [1.165, 1.54) is 0 Å². The summed E-state index contributed by atoms with van der Waals surface area (Å²) in [5, 5.41) is 4.02. The summed E-state index contributed by atoms with van der Waals surface area (Å²) in [6, 6.07) is 0.454. The molecule has 1 aromatic heterocycles. The van der Waals surface area contributed by atoms with Crippen molar-refractivity contribution in [1.29, 1.82) is 0 Å². The molecule has 0 unspecified atom stereocenters. The van der Waals surface area contributed by atoms with Gasteiger partial charge in [0.25, 0.3) is 0 Å². The first-order valence-electron chi connectivity index (χ1n) is 5.65. The van der Waals surface area contributed by atoms with E-state index in [0.29, 0.717) is 11.2 Å². The molecule has 86 valence electrons. The lowest BCUT2D eigenvalue weighted by Crippen LogP contribution is -2.18. The van der Waals surface area contributed by atoms with Crippen molar-refractivity contribution in [2.24, 2.45) is 0 Å². The van der Waals surface area contributed by atoms with Crippen molar-refractivity contribution in [1.82, 2.24) is 9.97 Å². The third-order valence-corrected chi connectivity index (χ3v) is 3.08. The van der Waals surface area contributed by atoms with Gasteiger partial charge in [-0.2, -0.15) is 0 Å². The quantitative estimate of drug-likeness (QED) is 0.648. The number of anilines is 1. The summed E-state index contributed by atoms with van der Waals surface area (Å²) in [6.07, 6.45) is 7.35. The molecule has 0 fully saturated rings. The SMILES string of the molecule is CCc1c(Cl)nc(C)nc1NC1CC=CC1. The molecule has 0 spiro atoms. The van der Waals surface area contributed by atoms with Crippen LogP contribution < -0.4 is 5.32 Å². The summed E-state index contributed by atoms with van der Waals surface area (Å²) < 4.78 is 0. The Morgan fingerprint density at radius 1 is 1.38 bits per heavy atom. The first kappa shape index (κ1) is 11.4. The predicted octanol–water partition coefficient (Wildman–Crippen LogP) is 3.13. The van der Waals surface area contributed by atoms with Gasteiger partial charge in [-0.3, -0.25) is 0 Å². The van der Waals surface area contributed by atoms with Gasteiger partial charge in [0.1, 0.15) is 16.8 Å². The Hall–Kier alpha value is -1.09. The molecule has 1 heterocycles. The minimum absolute atomic E-state index is 0.454. The Morgan fingerprint density at radius 3 is 2.69 bits per heavy atom. The maximum Gasteiger partial charge on any atom is 0.138 e. The third kappa shape index (κ3) is 2.35. The van der Waals surface area contributed by atoms with Crippen LogP contribution in [-0.4, -0.2) is 16.0 Å². The van der Waals surface area contributed by atoms with Crippen molar-refractivity contribution >= 4 is 17.4 Å². The topological polar surface area (TPSA) is 37.8 Å². The highest BCUT2D eigenvalue weighted by Crippen LogP contribution is 2.24. The number of aromatic nitrogens is 2. The second kappa shape index (κ2) is 4.83. The van der Waals surface area contributed by atoms with Gasteiger partial charge in [-0.25, -0.2) is 9.97 Å². The summed E-state index contributed by atoms with van der Waals surface area (Å²) in [6.45, 7) is 3.93. The highest BCUT2D eigenvalue weighted by molar-refractivity contribution is 6.30. The molecule has 1 aliphatic rings. The van der Waals surface area contributed by atoms with E-state index in [1.807, 2.05) is 6.92 Å². The Morgan fingerprint density at radius 2 is 2.06 bits per heavy atom. The predicted molar refractivity (Wildman–Crippen MR) is 66.9 cm³/mol. The van der Waals surface area contributed by atoms with Crippen molar-refractivity contribution in [2.45, 2.75) is 39.2 Å². The zero-order chi connectivity index (χ0) is 11.5. The number of hydrogen-bond acceptors (Lipinski definition) is 3. The van der Waals surface area contributed by atoms with Crippen molar-refractivity contribution in [3.8, 4) is 0 Å². The third-order valence-electron chi connectivity index (χ3n) is 2.77. The van der Waals surface area contributed by atoms with Gasteiger partial charge >= 0.3 is 0 Å². The summed E-state index contributed by atoms with van der Waals surface area (Å²) in [5.74, 6) is 1.62. The smallest absolute Gasteiger partial charge is 0.138 e. The number of halogens is 1. The van der Waals surface area contributed by atoms with Gasteiger partial charge in [0.15, 0.2) is 0 Å². The maximum absolute atomic E-state index is 6.11. The normalized spacial score (nSPS) is 15.7. The molecule has 0 aromatic carbocycles. The molecule has 1 aliphatic carbocycles. The molecule has 3 nitrogen and oxygen atoms in total. The second-order valence-corrected chi connectivity index (χ2v) is 4.38. The molecule has 2 rings (SSSR count). The van der Waals surface area contributed by atoms with Crippen molar-refractivity contribution in [2.75, 3.05) is 5.32 Å². The Kier molecular flexibility index (Phi) is 3.44. The lowest BCUT2D eigenvalue weighted by atomic mass is 10.2. The van der Waals surface area contributed by atoms with Crippen LogP contribution in [0.5, 0.6) is 0 Å². The number of nitrogens with one attached hydrogen (secondary N) is 1. The number of nitrogens with zero attached hydrogens (tertiary/aromatic N) is 2. The van der Waals surface area contributed by atoms with Crippen LogP contribution in [0.25, 0.3) is 0 Å². The van der Waals surface area contributed by atoms with Gasteiger partial charge in [-0.1, -0.05) is 30.7 Å². The second-order valence-electron chi connectivity index (χ2n) is 4.03. The standard InChI is InChI=1S/C12H16ClN3/c1-3-10-11(13)14-8(2)15-12(10)16-9-6-4-5-7-9/h4-5,9H,3,6-7H2,1-2H3,(H,14,15,16). The molecule has 4 heteroatoms. The molecule has 0 saturated heterocycles. The molecule has 0 atom stereocenters. The van der Waals surface area contributed by atoms with E-state index in [9.17, 15) is 0 Å². The average molecular weight is 238 g/mol. The Balaban J connectivity index is 2.24. The summed E-state index contributed by atoms with van der Waals surface area (Å²) in [5.41, 5.74) is 1.01. The van der Waals surface area contributed by atoms with E-state index in [0.717, 1.165) is 36.5 Å². The van der Waals surface area contributed by atoms with Gasteiger partial charge < -0.3 is 5.32 Å². The lowest BCUT2D eigenvalue weighted by Gasteiger charge is -2.16. The fourth-order valence-corrected chi connectivity index (χ4v) is 2.27. The van der Waals surface area contributed by atoms with Crippen molar-refractivity contribution in [3.63, 3.8) is 0 Å². The van der Waals surface area contributed by atoms with Crippen LogP contribution in [0.2, 0.25) is 5.15 Å². The first-order valence-corrected chi connectivity index (χ1v) is 6.03. The van der Waals surface area contributed by atoms with Gasteiger partial charge in [0.05, 0.1) is 0 Å². The highest BCUT2D eigenvalue weighted by atomic mass is 35.5. The number of hydrogen-bond donors (Lipinski definition) is 1. The Labute approximate surface area is 101 Å². The molecule has 0 amide bonds. The van der Waals surface area contributed by atoms with Gasteiger partial charge in [-0.05, 0) is 26.2 Å². The zero-order valence-electron chi connectivity index (χ0n) is 9.63. The van der Waals surface area contributed by atoms with E-state index in [1.54, 1.807) is 0 Å². The first-order chi connectivity index (χ1) is 7.70. The largest absolute Gasteiger partial charge is 0.366 e. The molecule has 0 radical (unpaired) electrons. The van der Waals surface area contributed by atoms with E-state index in [4.69, 9.17) is 11.6 Å². The van der Waals surface area contributed by atoms with Crippen LogP contribution in [0.3, 0.4) is 0 Å². The van der Waals surface area contributed by atoms with Gasteiger partial charge in [-0.15, -0.1) is 0 Å². The van der Waals surface area contributed by atoms with Crippen molar-refractivity contribution < 1.29 is 0 Å². The number of aryl methyl sites for hydroxylation is 1. The molecular weight excluding hydrogens is 222 g/mol. The van der Waals surface area contributed by atoms with E-state index < -0.39 is 0 Å². The van der Waals surface area contributed by atoms with Gasteiger partial charge in [0.2, 0.25) is 0 Å². The molecule has 0 bridgehead atoms. The van der Waals surface area contributed by atoms with Crippen LogP contribution in [0.15, 0.2) is 12.2 Å². The van der Waals surface area contributed by atoms with E-state index >= 15 is 0 Å². The Bertz CT molecular complexity index is 407. The molecule has 1 aromatic rings. The van der Waals surface area contributed by atoms with Crippen LogP contribution in [0.1, 0.15) is 31.2 Å². The van der Waals surface area contributed by atoms with E-state index in [2.05, 4.69) is 34.4 Å². The molecule has 16 heavy (non-hydrogen) atoms. The highest BCUT2D eigenvalue weighted by Gasteiger charge is 2.15. The molecular formula is C12H16ClN3. The van der Waals surface area contributed by atoms with Gasteiger partial charge in [0, 0.05) is 11.6 Å². The van der Waals surface area contributed by atoms with Crippen LogP contribution in [0.4, 0.5) is 5.82 Å². The summed E-state index contributed by atoms with van der Waals surface area (Å²) >= 11 is 6.11. The lowest BCUT2D eigenvalue weighted by molar-refractivity contribution is 0.773. The maximum atomic E-state index is 6.11. The average Bonchev–Trinajstić information content (AvgIpc) is 2.70. The molecule has 0 saturated carbocycles. The fraction of sp³-hybridized carbons (Fsp3) is 0.500. The minimum atomic E-state index is 0.454. The van der Waals surface area contributed by atoms with Crippen LogP contribution in [-0.2, 0) is 6.42 Å². The summed E-state index contributed by atoms with van der Waals surface area (Å²) in [7, 11) is 0.